The number of nitrogens with one attached hydrogen (secondary N) is 2. The first-order valence-electron chi connectivity index (χ1n) is 7.94. The van der Waals surface area contributed by atoms with Crippen LogP contribution in [-0.2, 0) is 11.3 Å². The number of rotatable bonds is 5. The van der Waals surface area contributed by atoms with Crippen molar-refractivity contribution in [3.05, 3.63) is 29.8 Å². The predicted molar refractivity (Wildman–Crippen MR) is 86.6 cm³/mol. The first kappa shape index (κ1) is 15.8. The Hall–Kier alpha value is -1.55. The molecule has 1 unspecified atom stereocenters. The first-order valence-corrected chi connectivity index (χ1v) is 7.94. The van der Waals surface area contributed by atoms with Crippen LogP contribution in [0.5, 0.6) is 0 Å². The van der Waals surface area contributed by atoms with E-state index in [4.69, 9.17) is 0 Å². The molecule has 0 aromatic heterocycles. The molecule has 2 atom stereocenters. The van der Waals surface area contributed by atoms with Gasteiger partial charge >= 0.3 is 0 Å². The average molecular weight is 290 g/mol. The fraction of sp³-hybridized carbons (Fsp3) is 0.588. The van der Waals surface area contributed by atoms with Crippen molar-refractivity contribution in [3.8, 4) is 0 Å². The average Bonchev–Trinajstić information content (AvgIpc) is 2.48. The summed E-state index contributed by atoms with van der Waals surface area (Å²) >= 11 is 0. The lowest BCUT2D eigenvalue weighted by Gasteiger charge is -2.29. The van der Waals surface area contributed by atoms with Crippen LogP contribution < -0.4 is 15.1 Å². The zero-order chi connectivity index (χ0) is 15.2. The minimum Gasteiger partial charge on any atom is -0.378 e. The number of quaternary nitrogens is 1. The molecule has 4 heteroatoms. The van der Waals surface area contributed by atoms with E-state index in [-0.39, 0.29) is 5.91 Å². The molecule has 1 aliphatic rings. The van der Waals surface area contributed by atoms with Crippen LogP contribution in [0.15, 0.2) is 24.3 Å². The molecule has 4 nitrogen and oxygen atoms in total. The quantitative estimate of drug-likeness (QED) is 0.843. The van der Waals surface area contributed by atoms with Gasteiger partial charge in [-0.1, -0.05) is 12.1 Å². The SMILES string of the molecule is C[C@H]1CCCC[NH+]1CC(=O)NCc1ccc(N(C)C)cc1. The monoisotopic (exact) mass is 290 g/mol. The molecule has 1 aromatic rings. The number of hydrogen-bond acceptors (Lipinski definition) is 2. The molecule has 2 rings (SSSR count). The summed E-state index contributed by atoms with van der Waals surface area (Å²) in [6.45, 7) is 4.61. The normalized spacial score (nSPS) is 21.9. The molecule has 1 aromatic carbocycles. The van der Waals surface area contributed by atoms with Crippen LogP contribution >= 0.6 is 0 Å². The second kappa shape index (κ2) is 7.46. The lowest BCUT2D eigenvalue weighted by atomic mass is 10.0. The topological polar surface area (TPSA) is 36.8 Å². The van der Waals surface area contributed by atoms with E-state index in [0.29, 0.717) is 19.1 Å². The van der Waals surface area contributed by atoms with Gasteiger partial charge in [-0.15, -0.1) is 0 Å². The number of likely N-dealkylation sites (tertiary alicyclic amines) is 1. The second-order valence-corrected chi connectivity index (χ2v) is 6.32. The lowest BCUT2D eigenvalue weighted by molar-refractivity contribution is -0.921. The standard InChI is InChI=1S/C17H27N3O/c1-14-6-4-5-11-20(14)13-17(21)18-12-15-7-9-16(10-8-15)19(2)3/h7-10,14H,4-6,11-13H2,1-3H3,(H,18,21)/p+1/t14-/m0/s1. The molecule has 1 fully saturated rings. The van der Waals surface area contributed by atoms with Gasteiger partial charge in [-0.05, 0) is 43.9 Å². The van der Waals surface area contributed by atoms with Crippen LogP contribution in [0, 0.1) is 0 Å². The molecule has 0 saturated carbocycles. The van der Waals surface area contributed by atoms with Crippen LogP contribution in [0.2, 0.25) is 0 Å². The number of piperidine rings is 1. The summed E-state index contributed by atoms with van der Waals surface area (Å²) in [5.74, 6) is 0.162. The molecule has 0 radical (unpaired) electrons. The largest absolute Gasteiger partial charge is 0.378 e. The Labute approximate surface area is 128 Å². The van der Waals surface area contributed by atoms with Crippen molar-refractivity contribution in [2.45, 2.75) is 38.8 Å². The molecule has 0 bridgehead atoms. The van der Waals surface area contributed by atoms with Crippen LogP contribution in [0.3, 0.4) is 0 Å². The van der Waals surface area contributed by atoms with Crippen molar-refractivity contribution in [2.75, 3.05) is 32.1 Å². The zero-order valence-corrected chi connectivity index (χ0v) is 13.5. The molecule has 0 spiro atoms. The molecule has 116 valence electrons. The van der Waals surface area contributed by atoms with E-state index in [1.54, 1.807) is 0 Å². The maximum atomic E-state index is 12.1. The van der Waals surface area contributed by atoms with Gasteiger partial charge in [-0.3, -0.25) is 4.79 Å². The Morgan fingerprint density at radius 1 is 1.29 bits per heavy atom. The Bertz CT molecular complexity index is 456. The smallest absolute Gasteiger partial charge is 0.275 e. The number of anilines is 1. The van der Waals surface area contributed by atoms with Crippen molar-refractivity contribution >= 4 is 11.6 Å². The van der Waals surface area contributed by atoms with Crippen molar-refractivity contribution in [2.24, 2.45) is 0 Å². The number of carbonyl (C=O) groups is 1. The van der Waals surface area contributed by atoms with Gasteiger partial charge in [0.2, 0.25) is 0 Å². The molecule has 21 heavy (non-hydrogen) atoms. The minimum atomic E-state index is 0.162. The molecule has 2 N–H and O–H groups in total. The summed E-state index contributed by atoms with van der Waals surface area (Å²) in [7, 11) is 4.05. The Morgan fingerprint density at radius 3 is 2.62 bits per heavy atom. The molecule has 1 amide bonds. The molecule has 1 saturated heterocycles. The number of hydrogen-bond donors (Lipinski definition) is 2. The fourth-order valence-corrected chi connectivity index (χ4v) is 2.90. The number of benzene rings is 1. The van der Waals surface area contributed by atoms with Crippen LogP contribution in [0.25, 0.3) is 0 Å². The van der Waals surface area contributed by atoms with E-state index in [1.807, 2.05) is 14.1 Å². The highest BCUT2D eigenvalue weighted by Gasteiger charge is 2.23. The van der Waals surface area contributed by atoms with Gasteiger partial charge in [-0.2, -0.15) is 0 Å². The lowest BCUT2D eigenvalue weighted by Crippen LogP contribution is -3.17. The maximum absolute atomic E-state index is 12.1. The molecule has 0 aliphatic carbocycles. The van der Waals surface area contributed by atoms with E-state index in [9.17, 15) is 4.79 Å². The maximum Gasteiger partial charge on any atom is 0.275 e. The highest BCUT2D eigenvalue weighted by atomic mass is 16.2. The number of carbonyl (C=O) groups excluding carboxylic acids is 1. The van der Waals surface area contributed by atoms with E-state index in [0.717, 1.165) is 12.1 Å². The van der Waals surface area contributed by atoms with E-state index in [1.165, 1.54) is 29.8 Å². The van der Waals surface area contributed by atoms with Gasteiger partial charge in [0.05, 0.1) is 12.6 Å². The summed E-state index contributed by atoms with van der Waals surface area (Å²) in [5, 5.41) is 3.04. The Morgan fingerprint density at radius 2 is 2.00 bits per heavy atom. The van der Waals surface area contributed by atoms with Gasteiger partial charge in [0.1, 0.15) is 0 Å². The van der Waals surface area contributed by atoms with Gasteiger partial charge in [0, 0.05) is 26.3 Å². The Kier molecular flexibility index (Phi) is 5.62. The van der Waals surface area contributed by atoms with Gasteiger partial charge in [-0.25, -0.2) is 0 Å². The van der Waals surface area contributed by atoms with Crippen molar-refractivity contribution in [1.29, 1.82) is 0 Å². The second-order valence-electron chi connectivity index (χ2n) is 6.32. The molecular weight excluding hydrogens is 262 g/mol. The van der Waals surface area contributed by atoms with Crippen LogP contribution in [0.4, 0.5) is 5.69 Å². The van der Waals surface area contributed by atoms with Gasteiger partial charge in [0.15, 0.2) is 6.54 Å². The highest BCUT2D eigenvalue weighted by Crippen LogP contribution is 2.11. The van der Waals surface area contributed by atoms with Crippen molar-refractivity contribution in [3.63, 3.8) is 0 Å². The summed E-state index contributed by atoms with van der Waals surface area (Å²) in [6.07, 6.45) is 3.80. The van der Waals surface area contributed by atoms with E-state index >= 15 is 0 Å². The van der Waals surface area contributed by atoms with Crippen LogP contribution in [-0.4, -0.2) is 39.1 Å². The summed E-state index contributed by atoms with van der Waals surface area (Å²) in [5.41, 5.74) is 2.33. The summed E-state index contributed by atoms with van der Waals surface area (Å²) < 4.78 is 0. The third-order valence-electron chi connectivity index (χ3n) is 4.41. The van der Waals surface area contributed by atoms with Crippen molar-refractivity contribution in [1.82, 2.24) is 5.32 Å². The molecule has 1 heterocycles. The highest BCUT2D eigenvalue weighted by molar-refractivity contribution is 5.76. The molecule has 1 aliphatic heterocycles. The van der Waals surface area contributed by atoms with Crippen molar-refractivity contribution < 1.29 is 9.69 Å². The number of amides is 1. The molecular formula is C17H28N3O+. The van der Waals surface area contributed by atoms with Crippen LogP contribution in [0.1, 0.15) is 31.7 Å². The summed E-state index contributed by atoms with van der Waals surface area (Å²) in [6, 6.07) is 8.93. The van der Waals surface area contributed by atoms with Gasteiger partial charge in [0.25, 0.3) is 5.91 Å². The zero-order valence-electron chi connectivity index (χ0n) is 13.5. The minimum absolute atomic E-state index is 0.162. The predicted octanol–water partition coefficient (Wildman–Crippen LogP) is 0.826. The van der Waals surface area contributed by atoms with Gasteiger partial charge < -0.3 is 15.1 Å². The Balaban J connectivity index is 1.78. The summed E-state index contributed by atoms with van der Waals surface area (Å²) in [4.78, 5) is 15.6. The third-order valence-corrected chi connectivity index (χ3v) is 4.41. The first-order chi connectivity index (χ1) is 10.1. The van der Waals surface area contributed by atoms with E-state index in [2.05, 4.69) is 41.4 Å². The number of nitrogens with zero attached hydrogens (tertiary/aromatic N) is 1. The fourth-order valence-electron chi connectivity index (χ4n) is 2.90. The van der Waals surface area contributed by atoms with E-state index < -0.39 is 0 Å². The third kappa shape index (κ3) is 4.74.